The summed E-state index contributed by atoms with van der Waals surface area (Å²) in [6.45, 7) is 5.96. The highest BCUT2D eigenvalue weighted by Gasteiger charge is 2.08. The number of ether oxygens (including phenoxy) is 1. The number of halogens is 2. The molecule has 0 bridgehead atoms. The van der Waals surface area contributed by atoms with E-state index in [-0.39, 0.29) is 12.4 Å². The molecular formula is C12H13FINO2. The number of rotatable bonds is 5. The lowest BCUT2D eigenvalue weighted by molar-refractivity contribution is -0.138. The van der Waals surface area contributed by atoms with Gasteiger partial charge in [-0.05, 0) is 47.7 Å². The molecule has 0 aliphatic rings. The fraction of sp³-hybridized carbons (Fsp3) is 0.250. The van der Waals surface area contributed by atoms with Crippen LogP contribution in [-0.4, -0.2) is 19.1 Å². The van der Waals surface area contributed by atoms with Gasteiger partial charge in [-0.1, -0.05) is 6.58 Å². The van der Waals surface area contributed by atoms with Gasteiger partial charge in [0.15, 0.2) is 0 Å². The van der Waals surface area contributed by atoms with E-state index in [9.17, 15) is 9.18 Å². The Balaban J connectivity index is 2.56. The maximum absolute atomic E-state index is 12.9. The van der Waals surface area contributed by atoms with Crippen molar-refractivity contribution in [2.45, 2.75) is 6.92 Å². The standard InChI is InChI=1S/C12H13FINO2/c1-3-17-12(16)8(2)7-15-11-5-4-9(13)6-10(11)14/h4-6,15H,2-3,7H2,1H3. The zero-order chi connectivity index (χ0) is 12.8. The van der Waals surface area contributed by atoms with E-state index in [1.54, 1.807) is 13.0 Å². The summed E-state index contributed by atoms with van der Waals surface area (Å²) < 4.78 is 18.4. The molecule has 1 aromatic rings. The molecule has 0 atom stereocenters. The number of carbonyl (C=O) groups is 1. The molecule has 0 aliphatic heterocycles. The third kappa shape index (κ3) is 4.33. The summed E-state index contributed by atoms with van der Waals surface area (Å²) in [5, 5.41) is 3.00. The van der Waals surface area contributed by atoms with Crippen molar-refractivity contribution in [1.29, 1.82) is 0 Å². The summed E-state index contributed by atoms with van der Waals surface area (Å²) in [6, 6.07) is 4.39. The maximum atomic E-state index is 12.9. The number of esters is 1. The first-order valence-corrected chi connectivity index (χ1v) is 6.16. The van der Waals surface area contributed by atoms with Crippen LogP contribution >= 0.6 is 22.6 Å². The second-order valence-electron chi connectivity index (χ2n) is 3.30. The number of benzene rings is 1. The Morgan fingerprint density at radius 1 is 1.59 bits per heavy atom. The lowest BCUT2D eigenvalue weighted by atomic mass is 10.2. The number of nitrogens with one attached hydrogen (secondary N) is 1. The number of hydrogen-bond donors (Lipinski definition) is 1. The van der Waals surface area contributed by atoms with Crippen molar-refractivity contribution in [2.24, 2.45) is 0 Å². The summed E-state index contributed by atoms with van der Waals surface area (Å²) in [7, 11) is 0. The Morgan fingerprint density at radius 2 is 2.29 bits per heavy atom. The SMILES string of the molecule is C=C(CNc1ccc(F)cc1I)C(=O)OCC. The molecule has 0 heterocycles. The highest BCUT2D eigenvalue weighted by Crippen LogP contribution is 2.19. The van der Waals surface area contributed by atoms with E-state index in [0.717, 1.165) is 9.26 Å². The molecule has 0 radical (unpaired) electrons. The first-order valence-electron chi connectivity index (χ1n) is 5.08. The smallest absolute Gasteiger partial charge is 0.335 e. The van der Waals surface area contributed by atoms with Crippen LogP contribution in [0.1, 0.15) is 6.92 Å². The van der Waals surface area contributed by atoms with E-state index in [1.165, 1.54) is 12.1 Å². The fourth-order valence-electron chi connectivity index (χ4n) is 1.14. The van der Waals surface area contributed by atoms with Crippen LogP contribution in [0.25, 0.3) is 0 Å². The Hall–Kier alpha value is -1.11. The Bertz CT molecular complexity index is 435. The van der Waals surface area contributed by atoms with Gasteiger partial charge in [-0.3, -0.25) is 0 Å². The quantitative estimate of drug-likeness (QED) is 0.505. The Labute approximate surface area is 113 Å². The van der Waals surface area contributed by atoms with Crippen molar-refractivity contribution < 1.29 is 13.9 Å². The monoisotopic (exact) mass is 349 g/mol. The minimum absolute atomic E-state index is 0.278. The summed E-state index contributed by atoms with van der Waals surface area (Å²) >= 11 is 2.02. The van der Waals surface area contributed by atoms with Gasteiger partial charge in [0.05, 0.1) is 6.61 Å². The van der Waals surface area contributed by atoms with Crippen LogP contribution in [0.15, 0.2) is 30.4 Å². The van der Waals surface area contributed by atoms with Gasteiger partial charge in [-0.15, -0.1) is 0 Å². The lowest BCUT2D eigenvalue weighted by Crippen LogP contribution is -2.15. The van der Waals surface area contributed by atoms with Crippen LogP contribution in [0, 0.1) is 9.39 Å². The van der Waals surface area contributed by atoms with Crippen LogP contribution < -0.4 is 5.32 Å². The van der Waals surface area contributed by atoms with E-state index >= 15 is 0 Å². The average Bonchev–Trinajstić information content (AvgIpc) is 2.27. The third-order valence-corrected chi connectivity index (χ3v) is 2.88. The molecule has 0 aliphatic carbocycles. The molecule has 0 unspecified atom stereocenters. The molecule has 1 N–H and O–H groups in total. The predicted octanol–water partition coefficient (Wildman–Crippen LogP) is 2.96. The topological polar surface area (TPSA) is 38.3 Å². The average molecular weight is 349 g/mol. The van der Waals surface area contributed by atoms with E-state index in [4.69, 9.17) is 4.74 Å². The molecule has 17 heavy (non-hydrogen) atoms. The van der Waals surface area contributed by atoms with Crippen molar-refractivity contribution in [3.05, 3.63) is 39.7 Å². The van der Waals surface area contributed by atoms with Crippen LogP contribution in [0.4, 0.5) is 10.1 Å². The molecule has 0 saturated carbocycles. The minimum Gasteiger partial charge on any atom is -0.463 e. The largest absolute Gasteiger partial charge is 0.463 e. The van der Waals surface area contributed by atoms with Gasteiger partial charge < -0.3 is 10.1 Å². The number of anilines is 1. The summed E-state index contributed by atoms with van der Waals surface area (Å²) in [4.78, 5) is 11.3. The molecule has 0 aromatic heterocycles. The van der Waals surface area contributed by atoms with Crippen molar-refractivity contribution >= 4 is 34.2 Å². The number of carbonyl (C=O) groups excluding carboxylic acids is 1. The van der Waals surface area contributed by atoms with E-state index in [0.29, 0.717) is 12.2 Å². The van der Waals surface area contributed by atoms with E-state index in [1.807, 2.05) is 22.6 Å². The highest BCUT2D eigenvalue weighted by molar-refractivity contribution is 14.1. The highest BCUT2D eigenvalue weighted by atomic mass is 127. The molecule has 3 nitrogen and oxygen atoms in total. The van der Waals surface area contributed by atoms with Gasteiger partial charge in [-0.25, -0.2) is 9.18 Å². The zero-order valence-corrected chi connectivity index (χ0v) is 11.6. The van der Waals surface area contributed by atoms with E-state index in [2.05, 4.69) is 11.9 Å². The molecule has 0 fully saturated rings. The lowest BCUT2D eigenvalue weighted by Gasteiger charge is -2.10. The second-order valence-corrected chi connectivity index (χ2v) is 4.46. The second kappa shape index (κ2) is 6.58. The van der Waals surface area contributed by atoms with Gasteiger partial charge >= 0.3 is 5.97 Å². The maximum Gasteiger partial charge on any atom is 0.335 e. The molecule has 1 aromatic carbocycles. The summed E-state index contributed by atoms with van der Waals surface area (Å²) in [6.07, 6.45) is 0. The first-order chi connectivity index (χ1) is 8.04. The molecule has 5 heteroatoms. The van der Waals surface area contributed by atoms with Crippen LogP contribution in [-0.2, 0) is 9.53 Å². The van der Waals surface area contributed by atoms with Crippen molar-refractivity contribution in [2.75, 3.05) is 18.5 Å². The van der Waals surface area contributed by atoms with Crippen LogP contribution in [0.5, 0.6) is 0 Å². The molecule has 92 valence electrons. The fourth-order valence-corrected chi connectivity index (χ4v) is 1.81. The predicted molar refractivity (Wildman–Crippen MR) is 73.4 cm³/mol. The van der Waals surface area contributed by atoms with Gasteiger partial charge in [-0.2, -0.15) is 0 Å². The summed E-state index contributed by atoms with van der Waals surface area (Å²) in [5.41, 5.74) is 1.10. The van der Waals surface area contributed by atoms with Crippen molar-refractivity contribution in [3.8, 4) is 0 Å². The molecule has 0 amide bonds. The molecular weight excluding hydrogens is 336 g/mol. The minimum atomic E-state index is -0.419. The normalized spacial score (nSPS) is 9.82. The van der Waals surface area contributed by atoms with Gasteiger partial charge in [0, 0.05) is 21.4 Å². The van der Waals surface area contributed by atoms with Crippen molar-refractivity contribution in [3.63, 3.8) is 0 Å². The van der Waals surface area contributed by atoms with Crippen LogP contribution in [0.3, 0.4) is 0 Å². The Morgan fingerprint density at radius 3 is 2.88 bits per heavy atom. The van der Waals surface area contributed by atoms with Gasteiger partial charge in [0.25, 0.3) is 0 Å². The first kappa shape index (κ1) is 14.0. The van der Waals surface area contributed by atoms with Gasteiger partial charge in [0.2, 0.25) is 0 Å². The zero-order valence-electron chi connectivity index (χ0n) is 9.43. The number of hydrogen-bond acceptors (Lipinski definition) is 3. The van der Waals surface area contributed by atoms with Gasteiger partial charge in [0.1, 0.15) is 5.82 Å². The van der Waals surface area contributed by atoms with Crippen LogP contribution in [0.2, 0.25) is 0 Å². The third-order valence-electron chi connectivity index (χ3n) is 1.99. The summed E-state index contributed by atoms with van der Waals surface area (Å²) in [5.74, 6) is -0.707. The molecule has 1 rings (SSSR count). The van der Waals surface area contributed by atoms with E-state index < -0.39 is 5.97 Å². The molecule has 0 spiro atoms. The molecule has 0 saturated heterocycles. The van der Waals surface area contributed by atoms with Crippen molar-refractivity contribution in [1.82, 2.24) is 0 Å². The Kier molecular flexibility index (Phi) is 5.40.